The monoisotopic (exact) mass is 367 g/mol. The minimum Gasteiger partial charge on any atom is -0.326 e. The maximum Gasteiger partial charge on any atom is 0.238 e. The van der Waals surface area contributed by atoms with E-state index in [1.165, 1.54) is 0 Å². The van der Waals surface area contributed by atoms with Crippen LogP contribution >= 0.6 is 0 Å². The molecule has 0 bridgehead atoms. The first kappa shape index (κ1) is 20.2. The quantitative estimate of drug-likeness (QED) is 0.627. The average Bonchev–Trinajstić information content (AvgIpc) is 2.66. The molecule has 0 aliphatic carbocycles. The minimum atomic E-state index is -0.317. The van der Waals surface area contributed by atoms with Gasteiger partial charge in [0.25, 0.3) is 0 Å². The molecule has 0 radical (unpaired) electrons. The van der Waals surface area contributed by atoms with Gasteiger partial charge in [-0.15, -0.1) is 0 Å². The molecule has 2 aromatic carbocycles. The van der Waals surface area contributed by atoms with E-state index in [9.17, 15) is 14.4 Å². The molecule has 0 unspecified atom stereocenters. The Hall–Kier alpha value is -3.15. The molecule has 6 heteroatoms. The van der Waals surface area contributed by atoms with Crippen LogP contribution in [0.3, 0.4) is 0 Å². The van der Waals surface area contributed by atoms with E-state index < -0.39 is 0 Å². The summed E-state index contributed by atoms with van der Waals surface area (Å²) in [4.78, 5) is 35.7. The third-order valence-electron chi connectivity index (χ3n) is 3.95. The number of carbonyl (C=O) groups excluding carboxylic acids is 3. The summed E-state index contributed by atoms with van der Waals surface area (Å²) in [6, 6.07) is 18.8. The van der Waals surface area contributed by atoms with E-state index in [4.69, 9.17) is 0 Å². The van der Waals surface area contributed by atoms with E-state index in [2.05, 4.69) is 16.2 Å². The van der Waals surface area contributed by atoms with Gasteiger partial charge in [-0.3, -0.25) is 25.2 Å². The molecule has 2 rings (SSSR count). The molecule has 0 saturated heterocycles. The first-order chi connectivity index (χ1) is 13.0. The largest absolute Gasteiger partial charge is 0.326 e. The Morgan fingerprint density at radius 1 is 0.778 bits per heavy atom. The van der Waals surface area contributed by atoms with Crippen molar-refractivity contribution in [3.8, 4) is 0 Å². The molecule has 3 N–H and O–H groups in total. The van der Waals surface area contributed by atoms with Gasteiger partial charge < -0.3 is 5.32 Å². The minimum absolute atomic E-state index is 0.144. The highest BCUT2D eigenvalue weighted by molar-refractivity contribution is 5.91. The lowest BCUT2D eigenvalue weighted by Crippen LogP contribution is -2.42. The lowest BCUT2D eigenvalue weighted by atomic mass is 10.0. The highest BCUT2D eigenvalue weighted by Gasteiger charge is 2.14. The van der Waals surface area contributed by atoms with Crippen molar-refractivity contribution in [3.05, 3.63) is 66.2 Å². The molecule has 0 saturated carbocycles. The lowest BCUT2D eigenvalue weighted by molar-refractivity contribution is -0.129. The van der Waals surface area contributed by atoms with Crippen LogP contribution in [0.2, 0.25) is 0 Å². The van der Waals surface area contributed by atoms with Crippen molar-refractivity contribution in [3.63, 3.8) is 0 Å². The molecule has 6 nitrogen and oxygen atoms in total. The van der Waals surface area contributed by atoms with Crippen molar-refractivity contribution < 1.29 is 14.4 Å². The second kappa shape index (κ2) is 10.8. The first-order valence-corrected chi connectivity index (χ1v) is 8.99. The van der Waals surface area contributed by atoms with Crippen LogP contribution in [0.5, 0.6) is 0 Å². The van der Waals surface area contributed by atoms with Gasteiger partial charge in [-0.05, 0) is 30.0 Å². The number of carbonyl (C=O) groups is 3. The van der Waals surface area contributed by atoms with Crippen molar-refractivity contribution in [2.24, 2.45) is 5.92 Å². The second-order valence-corrected chi connectivity index (χ2v) is 6.51. The Labute approximate surface area is 159 Å². The Morgan fingerprint density at radius 3 is 2.00 bits per heavy atom. The number of aryl methyl sites for hydroxylation is 1. The predicted octanol–water partition coefficient (Wildman–Crippen LogP) is 2.82. The van der Waals surface area contributed by atoms with E-state index in [-0.39, 0.29) is 36.5 Å². The summed E-state index contributed by atoms with van der Waals surface area (Å²) in [5.41, 5.74) is 6.61. The zero-order chi connectivity index (χ0) is 19.5. The van der Waals surface area contributed by atoms with E-state index in [0.717, 1.165) is 11.3 Å². The van der Waals surface area contributed by atoms with Crippen molar-refractivity contribution in [2.45, 2.75) is 32.6 Å². The van der Waals surface area contributed by atoms with Gasteiger partial charge >= 0.3 is 0 Å². The van der Waals surface area contributed by atoms with E-state index in [0.29, 0.717) is 12.8 Å². The van der Waals surface area contributed by atoms with Crippen LogP contribution in [0.15, 0.2) is 60.7 Å². The number of rotatable bonds is 8. The smallest absolute Gasteiger partial charge is 0.238 e. The van der Waals surface area contributed by atoms with Crippen molar-refractivity contribution in [1.82, 2.24) is 10.9 Å². The standard InChI is InChI=1S/C21H25N3O3/c1-16(14-20(26)22-18-10-6-3-7-11-18)15-21(27)24-23-19(25)13-12-17-8-4-2-5-9-17/h2-11,16H,12-15H2,1H3,(H,22,26)(H,23,25)(H,24,27)/t16-/m1/s1. The Morgan fingerprint density at radius 2 is 1.33 bits per heavy atom. The Kier molecular flexibility index (Phi) is 8.03. The van der Waals surface area contributed by atoms with Crippen molar-refractivity contribution in [1.29, 1.82) is 0 Å². The summed E-state index contributed by atoms with van der Waals surface area (Å²) in [6.07, 6.45) is 1.28. The Balaban J connectivity index is 1.62. The van der Waals surface area contributed by atoms with Crippen molar-refractivity contribution >= 4 is 23.4 Å². The molecule has 0 aliphatic rings. The van der Waals surface area contributed by atoms with Gasteiger partial charge in [-0.25, -0.2) is 0 Å². The zero-order valence-electron chi connectivity index (χ0n) is 15.4. The van der Waals surface area contributed by atoms with Crippen LogP contribution < -0.4 is 16.2 Å². The fourth-order valence-electron chi connectivity index (χ4n) is 2.59. The molecular formula is C21H25N3O3. The average molecular weight is 367 g/mol. The maximum absolute atomic E-state index is 12.0. The molecule has 1 atom stereocenters. The third-order valence-corrected chi connectivity index (χ3v) is 3.95. The number of nitrogens with one attached hydrogen (secondary N) is 3. The topological polar surface area (TPSA) is 87.3 Å². The second-order valence-electron chi connectivity index (χ2n) is 6.51. The van der Waals surface area contributed by atoms with Crippen LogP contribution in [-0.2, 0) is 20.8 Å². The molecule has 2 aromatic rings. The van der Waals surface area contributed by atoms with Gasteiger partial charge in [0.2, 0.25) is 17.7 Å². The molecule has 0 heterocycles. The Bertz CT molecular complexity index is 748. The zero-order valence-corrected chi connectivity index (χ0v) is 15.4. The van der Waals surface area contributed by atoms with Gasteiger partial charge in [0.05, 0.1) is 0 Å². The molecular weight excluding hydrogens is 342 g/mol. The molecule has 3 amide bonds. The third kappa shape index (κ3) is 8.18. The molecule has 0 aromatic heterocycles. The van der Waals surface area contributed by atoms with Crippen LogP contribution in [0, 0.1) is 5.92 Å². The number of hydrogen-bond donors (Lipinski definition) is 3. The molecule has 0 spiro atoms. The van der Waals surface area contributed by atoms with E-state index in [1.807, 2.05) is 55.5 Å². The van der Waals surface area contributed by atoms with Gasteiger partial charge in [-0.1, -0.05) is 55.5 Å². The highest BCUT2D eigenvalue weighted by atomic mass is 16.2. The number of anilines is 1. The van der Waals surface area contributed by atoms with E-state index in [1.54, 1.807) is 12.1 Å². The number of hydrazine groups is 1. The van der Waals surface area contributed by atoms with Crippen LogP contribution in [-0.4, -0.2) is 17.7 Å². The maximum atomic E-state index is 12.0. The summed E-state index contributed by atoms with van der Waals surface area (Å²) in [7, 11) is 0. The number of benzene rings is 2. The van der Waals surface area contributed by atoms with Gasteiger partial charge in [0, 0.05) is 24.9 Å². The molecule has 27 heavy (non-hydrogen) atoms. The summed E-state index contributed by atoms with van der Waals surface area (Å²) < 4.78 is 0. The van der Waals surface area contributed by atoms with Gasteiger partial charge in [0.15, 0.2) is 0 Å². The summed E-state index contributed by atoms with van der Waals surface area (Å²) in [5.74, 6) is -0.854. The fraction of sp³-hybridized carbons (Fsp3) is 0.286. The summed E-state index contributed by atoms with van der Waals surface area (Å²) in [5, 5.41) is 2.79. The molecule has 0 aliphatic heterocycles. The van der Waals surface area contributed by atoms with Gasteiger partial charge in [0.1, 0.15) is 0 Å². The van der Waals surface area contributed by atoms with Crippen molar-refractivity contribution in [2.75, 3.05) is 5.32 Å². The summed E-state index contributed by atoms with van der Waals surface area (Å²) >= 11 is 0. The van der Waals surface area contributed by atoms with E-state index >= 15 is 0 Å². The summed E-state index contributed by atoms with van der Waals surface area (Å²) in [6.45, 7) is 1.82. The van der Waals surface area contributed by atoms with Crippen LogP contribution in [0.4, 0.5) is 5.69 Å². The fourth-order valence-corrected chi connectivity index (χ4v) is 2.59. The SMILES string of the molecule is C[C@@H](CC(=O)NNC(=O)CCc1ccccc1)CC(=O)Nc1ccccc1. The first-order valence-electron chi connectivity index (χ1n) is 8.99. The van der Waals surface area contributed by atoms with Crippen LogP contribution in [0.1, 0.15) is 31.7 Å². The molecule has 0 fully saturated rings. The lowest BCUT2D eigenvalue weighted by Gasteiger charge is -2.12. The normalized spacial score (nSPS) is 11.3. The molecule has 142 valence electrons. The predicted molar refractivity (Wildman–Crippen MR) is 105 cm³/mol. The van der Waals surface area contributed by atoms with Gasteiger partial charge in [-0.2, -0.15) is 0 Å². The number of para-hydroxylation sites is 1. The number of hydrogen-bond acceptors (Lipinski definition) is 3. The number of amides is 3. The highest BCUT2D eigenvalue weighted by Crippen LogP contribution is 2.11. The van der Waals surface area contributed by atoms with Crippen LogP contribution in [0.25, 0.3) is 0 Å².